The minimum absolute atomic E-state index is 0.545. The molecule has 0 aliphatic heterocycles. The molecular formula is C12H16N2. The summed E-state index contributed by atoms with van der Waals surface area (Å²) in [6.45, 7) is 0. The van der Waals surface area contributed by atoms with E-state index >= 15 is 0 Å². The number of hydrogen-bond acceptors (Lipinski definition) is 1. The second kappa shape index (κ2) is 4.32. The van der Waals surface area contributed by atoms with Crippen molar-refractivity contribution in [1.29, 1.82) is 5.26 Å². The van der Waals surface area contributed by atoms with Crippen molar-refractivity contribution in [3.8, 4) is 6.07 Å². The first-order chi connectivity index (χ1) is 6.92. The van der Waals surface area contributed by atoms with E-state index in [0.29, 0.717) is 12.5 Å². The Balaban J connectivity index is 2.13. The molecule has 1 aliphatic carbocycles. The number of nitriles is 1. The molecule has 0 N–H and O–H groups in total. The van der Waals surface area contributed by atoms with Gasteiger partial charge < -0.3 is 4.57 Å². The third-order valence-corrected chi connectivity index (χ3v) is 3.10. The van der Waals surface area contributed by atoms with Crippen molar-refractivity contribution in [1.82, 2.24) is 4.57 Å². The molecule has 2 rings (SSSR count). The van der Waals surface area contributed by atoms with Crippen LogP contribution in [-0.2, 0) is 6.42 Å². The molecule has 0 radical (unpaired) electrons. The van der Waals surface area contributed by atoms with Crippen LogP contribution in [0.3, 0.4) is 0 Å². The monoisotopic (exact) mass is 188 g/mol. The average molecular weight is 188 g/mol. The van der Waals surface area contributed by atoms with Crippen molar-refractivity contribution >= 4 is 0 Å². The van der Waals surface area contributed by atoms with Gasteiger partial charge >= 0.3 is 0 Å². The first-order valence-corrected chi connectivity index (χ1v) is 5.44. The third-order valence-electron chi connectivity index (χ3n) is 3.10. The Kier molecular flexibility index (Phi) is 2.88. The predicted octanol–water partition coefficient (Wildman–Crippen LogP) is 3.06. The molecule has 2 nitrogen and oxygen atoms in total. The summed E-state index contributed by atoms with van der Waals surface area (Å²) >= 11 is 0. The van der Waals surface area contributed by atoms with Gasteiger partial charge in [-0.3, -0.25) is 0 Å². The molecule has 1 fully saturated rings. The lowest BCUT2D eigenvalue weighted by Gasteiger charge is -2.25. The third kappa shape index (κ3) is 1.82. The first-order valence-electron chi connectivity index (χ1n) is 5.44. The summed E-state index contributed by atoms with van der Waals surface area (Å²) in [5.41, 5.74) is 1.18. The van der Waals surface area contributed by atoms with Crippen LogP contribution < -0.4 is 0 Å². The highest BCUT2D eigenvalue weighted by molar-refractivity contribution is 5.12. The van der Waals surface area contributed by atoms with Crippen LogP contribution in [0.4, 0.5) is 0 Å². The molecule has 0 atom stereocenters. The van der Waals surface area contributed by atoms with Gasteiger partial charge in [-0.15, -0.1) is 0 Å². The lowest BCUT2D eigenvalue weighted by molar-refractivity contribution is 0.349. The van der Waals surface area contributed by atoms with Gasteiger partial charge in [0, 0.05) is 17.9 Å². The van der Waals surface area contributed by atoms with E-state index in [1.165, 1.54) is 37.8 Å². The highest BCUT2D eigenvalue weighted by atomic mass is 15.0. The zero-order valence-corrected chi connectivity index (χ0v) is 8.45. The predicted molar refractivity (Wildman–Crippen MR) is 55.9 cm³/mol. The van der Waals surface area contributed by atoms with Crippen LogP contribution in [0.15, 0.2) is 18.3 Å². The van der Waals surface area contributed by atoms with Crippen LogP contribution in [0.2, 0.25) is 0 Å². The minimum Gasteiger partial charge on any atom is -0.347 e. The Morgan fingerprint density at radius 1 is 1.36 bits per heavy atom. The van der Waals surface area contributed by atoms with Crippen molar-refractivity contribution in [3.05, 3.63) is 24.0 Å². The van der Waals surface area contributed by atoms with Gasteiger partial charge in [0.25, 0.3) is 0 Å². The van der Waals surface area contributed by atoms with Crippen LogP contribution in [-0.4, -0.2) is 4.57 Å². The highest BCUT2D eigenvalue weighted by Crippen LogP contribution is 2.29. The summed E-state index contributed by atoms with van der Waals surface area (Å²) in [6, 6.07) is 7.01. The molecule has 0 amide bonds. The molecule has 1 aliphatic rings. The SMILES string of the molecule is N#CCc1cccn1C1CCCCC1. The first kappa shape index (κ1) is 9.33. The van der Waals surface area contributed by atoms with Crippen LogP contribution >= 0.6 is 0 Å². The molecule has 0 spiro atoms. The Labute approximate surface area is 85.2 Å². The molecule has 1 heterocycles. The summed E-state index contributed by atoms with van der Waals surface area (Å²) in [5.74, 6) is 0. The zero-order chi connectivity index (χ0) is 9.80. The lowest BCUT2D eigenvalue weighted by Crippen LogP contribution is -2.14. The minimum atomic E-state index is 0.545. The van der Waals surface area contributed by atoms with Gasteiger partial charge in [0.15, 0.2) is 0 Å². The maximum Gasteiger partial charge on any atom is 0.0754 e. The second-order valence-corrected chi connectivity index (χ2v) is 4.03. The summed E-state index contributed by atoms with van der Waals surface area (Å²) < 4.78 is 2.31. The number of hydrogen-bond donors (Lipinski definition) is 0. The van der Waals surface area contributed by atoms with Crippen molar-refractivity contribution in [2.75, 3.05) is 0 Å². The summed E-state index contributed by atoms with van der Waals surface area (Å²) in [4.78, 5) is 0. The van der Waals surface area contributed by atoms with Gasteiger partial charge in [0.05, 0.1) is 12.5 Å². The van der Waals surface area contributed by atoms with Gasteiger partial charge in [-0.1, -0.05) is 19.3 Å². The van der Waals surface area contributed by atoms with E-state index in [-0.39, 0.29) is 0 Å². The topological polar surface area (TPSA) is 28.7 Å². The fraction of sp³-hybridized carbons (Fsp3) is 0.583. The molecule has 74 valence electrons. The summed E-state index contributed by atoms with van der Waals surface area (Å²) in [7, 11) is 0. The molecule has 1 aromatic heterocycles. The van der Waals surface area contributed by atoms with Crippen LogP contribution in [0.1, 0.15) is 43.8 Å². The normalized spacial score (nSPS) is 17.9. The Morgan fingerprint density at radius 3 is 2.86 bits per heavy atom. The average Bonchev–Trinajstić information content (AvgIpc) is 2.68. The smallest absolute Gasteiger partial charge is 0.0754 e. The molecule has 0 saturated heterocycles. The fourth-order valence-electron chi connectivity index (χ4n) is 2.38. The quantitative estimate of drug-likeness (QED) is 0.701. The van der Waals surface area contributed by atoms with Crippen LogP contribution in [0.25, 0.3) is 0 Å². The van der Waals surface area contributed by atoms with Gasteiger partial charge in [-0.25, -0.2) is 0 Å². The van der Waals surface area contributed by atoms with E-state index in [0.717, 1.165) is 0 Å². The van der Waals surface area contributed by atoms with E-state index in [4.69, 9.17) is 5.26 Å². The van der Waals surface area contributed by atoms with E-state index in [1.54, 1.807) is 0 Å². The molecule has 1 saturated carbocycles. The number of rotatable bonds is 2. The molecule has 0 aromatic carbocycles. The standard InChI is InChI=1S/C12H16N2/c13-9-8-12-7-4-10-14(12)11-5-2-1-3-6-11/h4,7,10-11H,1-3,5-6,8H2. The van der Waals surface area contributed by atoms with Gasteiger partial charge in [0.2, 0.25) is 0 Å². The van der Waals surface area contributed by atoms with E-state index in [2.05, 4.69) is 29.0 Å². The number of nitrogens with zero attached hydrogens (tertiary/aromatic N) is 2. The summed E-state index contributed by atoms with van der Waals surface area (Å²) in [5, 5.41) is 8.70. The molecule has 0 bridgehead atoms. The maximum absolute atomic E-state index is 8.70. The largest absolute Gasteiger partial charge is 0.347 e. The molecule has 1 aromatic rings. The van der Waals surface area contributed by atoms with Crippen LogP contribution in [0, 0.1) is 11.3 Å². The van der Waals surface area contributed by atoms with E-state index in [1.807, 2.05) is 0 Å². The van der Waals surface area contributed by atoms with Crippen molar-refractivity contribution in [2.24, 2.45) is 0 Å². The summed E-state index contributed by atoms with van der Waals surface area (Å²) in [6.07, 6.45) is 9.31. The fourth-order valence-corrected chi connectivity index (χ4v) is 2.38. The van der Waals surface area contributed by atoms with Crippen molar-refractivity contribution in [3.63, 3.8) is 0 Å². The second-order valence-electron chi connectivity index (χ2n) is 4.03. The van der Waals surface area contributed by atoms with Crippen LogP contribution in [0.5, 0.6) is 0 Å². The van der Waals surface area contributed by atoms with E-state index in [9.17, 15) is 0 Å². The Hall–Kier alpha value is -1.23. The van der Waals surface area contributed by atoms with E-state index < -0.39 is 0 Å². The molecule has 14 heavy (non-hydrogen) atoms. The van der Waals surface area contributed by atoms with Crippen molar-refractivity contribution < 1.29 is 0 Å². The van der Waals surface area contributed by atoms with Gasteiger partial charge in [-0.05, 0) is 25.0 Å². The molecule has 2 heteroatoms. The van der Waals surface area contributed by atoms with Gasteiger partial charge in [-0.2, -0.15) is 5.26 Å². The van der Waals surface area contributed by atoms with Crippen molar-refractivity contribution in [2.45, 2.75) is 44.6 Å². The number of aromatic nitrogens is 1. The zero-order valence-electron chi connectivity index (χ0n) is 8.45. The Morgan fingerprint density at radius 2 is 2.14 bits per heavy atom. The lowest BCUT2D eigenvalue weighted by atomic mass is 9.95. The molecule has 0 unspecified atom stereocenters. The van der Waals surface area contributed by atoms with Gasteiger partial charge in [0.1, 0.15) is 0 Å². The highest BCUT2D eigenvalue weighted by Gasteiger charge is 2.16. The molecular weight excluding hydrogens is 172 g/mol. The maximum atomic E-state index is 8.70. The Bertz CT molecular complexity index is 326.